The lowest BCUT2D eigenvalue weighted by atomic mass is 10.0. The minimum Gasteiger partial charge on any atom is -0.496 e. The van der Waals surface area contributed by atoms with Crippen molar-refractivity contribution in [2.45, 2.75) is 18.9 Å². The van der Waals surface area contributed by atoms with Crippen molar-refractivity contribution < 1.29 is 18.7 Å². The number of carbonyl (C=O) groups is 1. The fraction of sp³-hybridized carbons (Fsp3) is 0.381. The average Bonchev–Trinajstić information content (AvgIpc) is 2.72. The maximum absolute atomic E-state index is 13.6. The van der Waals surface area contributed by atoms with Crippen molar-refractivity contribution in [1.82, 2.24) is 10.2 Å². The number of ether oxygens (including phenoxy) is 2. The van der Waals surface area contributed by atoms with Crippen LogP contribution in [0.4, 0.5) is 4.39 Å². The van der Waals surface area contributed by atoms with Gasteiger partial charge in [-0.05, 0) is 24.6 Å². The first-order chi connectivity index (χ1) is 13.2. The quantitative estimate of drug-likeness (QED) is 0.711. The third-order valence-corrected chi connectivity index (χ3v) is 4.69. The van der Waals surface area contributed by atoms with Gasteiger partial charge in [0.25, 0.3) is 0 Å². The summed E-state index contributed by atoms with van der Waals surface area (Å²) >= 11 is 0. The molecule has 0 spiro atoms. The molecule has 1 aliphatic rings. The molecule has 1 saturated heterocycles. The van der Waals surface area contributed by atoms with E-state index in [1.165, 1.54) is 6.07 Å². The van der Waals surface area contributed by atoms with Crippen molar-refractivity contribution in [3.05, 3.63) is 59.9 Å². The summed E-state index contributed by atoms with van der Waals surface area (Å²) in [6.07, 6.45) is 0.899. The Hall–Kier alpha value is -2.31. The largest absolute Gasteiger partial charge is 0.496 e. The second-order valence-electron chi connectivity index (χ2n) is 6.43. The molecule has 0 bridgehead atoms. The normalized spacial score (nSPS) is 16.2. The van der Waals surface area contributed by atoms with Gasteiger partial charge in [-0.15, -0.1) is 12.4 Å². The fourth-order valence-corrected chi connectivity index (χ4v) is 3.33. The van der Waals surface area contributed by atoms with Crippen molar-refractivity contribution in [2.75, 3.05) is 33.4 Å². The molecule has 5 nitrogen and oxygen atoms in total. The first-order valence-electron chi connectivity index (χ1n) is 9.21. The van der Waals surface area contributed by atoms with E-state index >= 15 is 0 Å². The molecule has 1 atom stereocenters. The van der Waals surface area contributed by atoms with Crippen LogP contribution < -0.4 is 14.8 Å². The van der Waals surface area contributed by atoms with Crippen LogP contribution in [-0.4, -0.2) is 44.2 Å². The van der Waals surface area contributed by atoms with Gasteiger partial charge in [0, 0.05) is 31.6 Å². The first-order valence-corrected chi connectivity index (χ1v) is 9.21. The van der Waals surface area contributed by atoms with Crippen LogP contribution in [0.15, 0.2) is 48.5 Å². The third-order valence-electron chi connectivity index (χ3n) is 4.69. The van der Waals surface area contributed by atoms with E-state index in [1.807, 2.05) is 29.2 Å². The highest BCUT2D eigenvalue weighted by Gasteiger charge is 2.29. The number of amides is 1. The molecule has 2 aromatic carbocycles. The van der Waals surface area contributed by atoms with Crippen LogP contribution in [0.25, 0.3) is 0 Å². The molecule has 152 valence electrons. The minimum atomic E-state index is -0.387. The zero-order valence-corrected chi connectivity index (χ0v) is 16.7. The molecule has 0 radical (unpaired) electrons. The van der Waals surface area contributed by atoms with E-state index in [4.69, 9.17) is 9.47 Å². The third kappa shape index (κ3) is 5.36. The van der Waals surface area contributed by atoms with Gasteiger partial charge in [0.15, 0.2) is 11.6 Å². The monoisotopic (exact) mass is 408 g/mol. The molecule has 1 amide bonds. The number of nitrogens with one attached hydrogen (secondary N) is 1. The van der Waals surface area contributed by atoms with Crippen LogP contribution in [0.2, 0.25) is 0 Å². The van der Waals surface area contributed by atoms with E-state index in [9.17, 15) is 9.18 Å². The van der Waals surface area contributed by atoms with Crippen LogP contribution in [0, 0.1) is 5.82 Å². The number of halogens is 2. The average molecular weight is 409 g/mol. The molecule has 28 heavy (non-hydrogen) atoms. The maximum Gasteiger partial charge on any atom is 0.223 e. The Morgan fingerprint density at radius 1 is 1.18 bits per heavy atom. The van der Waals surface area contributed by atoms with E-state index in [-0.39, 0.29) is 35.9 Å². The molecular weight excluding hydrogens is 383 g/mol. The number of carbonyl (C=O) groups excluding carboxylic acids is 1. The predicted molar refractivity (Wildman–Crippen MR) is 109 cm³/mol. The van der Waals surface area contributed by atoms with E-state index in [0.717, 1.165) is 17.9 Å². The molecule has 1 heterocycles. The summed E-state index contributed by atoms with van der Waals surface area (Å²) in [5.41, 5.74) is 1.00. The second kappa shape index (κ2) is 10.9. The second-order valence-corrected chi connectivity index (χ2v) is 6.43. The molecule has 1 fully saturated rings. The zero-order valence-electron chi connectivity index (χ0n) is 15.9. The molecule has 3 rings (SSSR count). The minimum absolute atomic E-state index is 0. The highest BCUT2D eigenvalue weighted by Crippen LogP contribution is 2.30. The van der Waals surface area contributed by atoms with Crippen molar-refractivity contribution in [2.24, 2.45) is 0 Å². The molecular formula is C21H26ClFN2O3. The topological polar surface area (TPSA) is 50.8 Å². The Balaban J connectivity index is 0.00000280. The van der Waals surface area contributed by atoms with Crippen molar-refractivity contribution >= 4 is 18.3 Å². The number of hydrogen-bond donors (Lipinski definition) is 1. The van der Waals surface area contributed by atoms with Crippen molar-refractivity contribution in [3.63, 3.8) is 0 Å². The lowest BCUT2D eigenvalue weighted by Crippen LogP contribution is -2.48. The van der Waals surface area contributed by atoms with Gasteiger partial charge in [-0.1, -0.05) is 30.3 Å². The highest BCUT2D eigenvalue weighted by molar-refractivity contribution is 5.85. The summed E-state index contributed by atoms with van der Waals surface area (Å²) < 4.78 is 24.5. The van der Waals surface area contributed by atoms with Gasteiger partial charge >= 0.3 is 0 Å². The SMILES string of the molecule is COc1ccccc1C1CNCCN1C(=O)CCCOc1ccccc1F.Cl. The number of rotatable bonds is 7. The van der Waals surface area contributed by atoms with Crippen molar-refractivity contribution in [3.8, 4) is 11.5 Å². The predicted octanol–water partition coefficient (Wildman–Crippen LogP) is 3.59. The van der Waals surface area contributed by atoms with Gasteiger partial charge in [-0.2, -0.15) is 0 Å². The van der Waals surface area contributed by atoms with Crippen LogP contribution in [0.5, 0.6) is 11.5 Å². The number of hydrogen-bond acceptors (Lipinski definition) is 4. The van der Waals surface area contributed by atoms with Crippen LogP contribution in [-0.2, 0) is 4.79 Å². The van der Waals surface area contributed by atoms with E-state index in [2.05, 4.69) is 5.32 Å². The Kier molecular flexibility index (Phi) is 8.54. The van der Waals surface area contributed by atoms with E-state index in [0.29, 0.717) is 32.5 Å². The standard InChI is InChI=1S/C21H25FN2O3.ClH/c1-26-19-9-4-2-7-16(19)18-15-23-12-13-24(18)21(25)11-6-14-27-20-10-5-3-8-17(20)22;/h2-5,7-10,18,23H,6,11-15H2,1H3;1H. The van der Waals surface area contributed by atoms with E-state index < -0.39 is 0 Å². The Morgan fingerprint density at radius 2 is 1.89 bits per heavy atom. The molecule has 1 aliphatic heterocycles. The molecule has 0 aromatic heterocycles. The van der Waals surface area contributed by atoms with Gasteiger partial charge in [-0.3, -0.25) is 4.79 Å². The summed E-state index contributed by atoms with van der Waals surface area (Å²) in [4.78, 5) is 14.7. The highest BCUT2D eigenvalue weighted by atomic mass is 35.5. The van der Waals surface area contributed by atoms with Crippen molar-refractivity contribution in [1.29, 1.82) is 0 Å². The Morgan fingerprint density at radius 3 is 2.64 bits per heavy atom. The number of piperazine rings is 1. The lowest BCUT2D eigenvalue weighted by Gasteiger charge is -2.37. The number of para-hydroxylation sites is 2. The lowest BCUT2D eigenvalue weighted by molar-refractivity contribution is -0.134. The van der Waals surface area contributed by atoms with Gasteiger partial charge in [-0.25, -0.2) is 4.39 Å². The van der Waals surface area contributed by atoms with Crippen LogP contribution in [0.3, 0.4) is 0 Å². The van der Waals surface area contributed by atoms with Gasteiger partial charge < -0.3 is 19.7 Å². The van der Waals surface area contributed by atoms with Gasteiger partial charge in [0.2, 0.25) is 5.91 Å². The number of benzene rings is 2. The zero-order chi connectivity index (χ0) is 19.1. The molecule has 1 unspecified atom stereocenters. The smallest absolute Gasteiger partial charge is 0.223 e. The summed E-state index contributed by atoms with van der Waals surface area (Å²) in [5.74, 6) is 0.692. The molecule has 2 aromatic rings. The number of methoxy groups -OCH3 is 1. The summed E-state index contributed by atoms with van der Waals surface area (Å²) in [7, 11) is 1.64. The fourth-order valence-electron chi connectivity index (χ4n) is 3.33. The van der Waals surface area contributed by atoms with Gasteiger partial charge in [0.05, 0.1) is 19.8 Å². The van der Waals surface area contributed by atoms with Crippen LogP contribution in [0.1, 0.15) is 24.4 Å². The molecule has 0 saturated carbocycles. The molecule has 7 heteroatoms. The van der Waals surface area contributed by atoms with Gasteiger partial charge in [0.1, 0.15) is 5.75 Å². The summed E-state index contributed by atoms with van der Waals surface area (Å²) in [5, 5.41) is 3.35. The first kappa shape index (κ1) is 22.0. The Bertz CT molecular complexity index is 775. The summed E-state index contributed by atoms with van der Waals surface area (Å²) in [6, 6.07) is 14.0. The van der Waals surface area contributed by atoms with E-state index in [1.54, 1.807) is 25.3 Å². The molecule has 0 aliphatic carbocycles. The molecule has 1 N–H and O–H groups in total. The Labute approximate surface area is 171 Å². The summed E-state index contributed by atoms with van der Waals surface area (Å²) in [6.45, 7) is 2.41. The maximum atomic E-state index is 13.6. The van der Waals surface area contributed by atoms with Crippen LogP contribution >= 0.6 is 12.4 Å². The number of nitrogens with zero attached hydrogens (tertiary/aromatic N) is 1.